The zero-order chi connectivity index (χ0) is 26.3. The Kier molecular flexibility index (Phi) is 7.52. The van der Waals surface area contributed by atoms with Gasteiger partial charge in [0.15, 0.2) is 0 Å². The molecular formula is C29H23ClN6O2. The van der Waals surface area contributed by atoms with Crippen molar-refractivity contribution in [3.05, 3.63) is 130 Å². The van der Waals surface area contributed by atoms with Crippen molar-refractivity contribution in [3.63, 3.8) is 0 Å². The number of hydrogen-bond donors (Lipinski definition) is 2. The molecular weight excluding hydrogens is 500 g/mol. The number of amides is 1. The van der Waals surface area contributed by atoms with Crippen molar-refractivity contribution < 1.29 is 4.79 Å². The molecule has 1 amide bonds. The fourth-order valence-corrected chi connectivity index (χ4v) is 3.95. The molecule has 0 spiro atoms. The van der Waals surface area contributed by atoms with Crippen LogP contribution in [-0.2, 0) is 6.54 Å². The highest BCUT2D eigenvalue weighted by Gasteiger charge is 2.11. The van der Waals surface area contributed by atoms with E-state index in [-0.39, 0.29) is 17.7 Å². The predicted molar refractivity (Wildman–Crippen MR) is 150 cm³/mol. The molecule has 8 nitrogen and oxygen atoms in total. The van der Waals surface area contributed by atoms with Crippen LogP contribution in [-0.4, -0.2) is 32.0 Å². The van der Waals surface area contributed by atoms with E-state index in [4.69, 9.17) is 11.6 Å². The van der Waals surface area contributed by atoms with Crippen molar-refractivity contribution in [1.82, 2.24) is 24.8 Å². The van der Waals surface area contributed by atoms with Gasteiger partial charge in [0.05, 0.1) is 12.1 Å². The summed E-state index contributed by atoms with van der Waals surface area (Å²) in [6, 6.07) is 22.2. The van der Waals surface area contributed by atoms with Crippen LogP contribution in [0.25, 0.3) is 17.0 Å². The Balaban J connectivity index is 1.20. The highest BCUT2D eigenvalue weighted by molar-refractivity contribution is 6.29. The summed E-state index contributed by atoms with van der Waals surface area (Å²) in [6.07, 6.45) is 8.73. The van der Waals surface area contributed by atoms with E-state index in [0.717, 1.165) is 27.7 Å². The number of halogens is 1. The number of pyridine rings is 2. The number of aromatic nitrogens is 4. The molecule has 3 aromatic heterocycles. The molecule has 2 aromatic carbocycles. The Labute approximate surface area is 223 Å². The smallest absolute Gasteiger partial charge is 0.263 e. The largest absolute Gasteiger partial charge is 0.348 e. The van der Waals surface area contributed by atoms with Crippen LogP contribution in [0.3, 0.4) is 0 Å². The molecule has 0 aliphatic heterocycles. The van der Waals surface area contributed by atoms with Gasteiger partial charge in [0.25, 0.3) is 11.5 Å². The maximum atomic E-state index is 12.8. The number of benzene rings is 2. The Morgan fingerprint density at radius 3 is 2.66 bits per heavy atom. The van der Waals surface area contributed by atoms with Gasteiger partial charge in [0.1, 0.15) is 10.7 Å². The highest BCUT2D eigenvalue weighted by atomic mass is 35.5. The van der Waals surface area contributed by atoms with E-state index < -0.39 is 5.91 Å². The fraction of sp³-hybridized carbons (Fsp3) is 0.0690. The number of nitrogens with zero attached hydrogens (tertiary/aromatic N) is 4. The van der Waals surface area contributed by atoms with Crippen LogP contribution in [0.1, 0.15) is 21.5 Å². The lowest BCUT2D eigenvalue weighted by Crippen LogP contribution is -2.33. The summed E-state index contributed by atoms with van der Waals surface area (Å²) in [5.74, 6) is 0.0908. The van der Waals surface area contributed by atoms with E-state index in [0.29, 0.717) is 17.6 Å². The summed E-state index contributed by atoms with van der Waals surface area (Å²) in [5, 5.41) is 7.24. The first-order valence-electron chi connectivity index (χ1n) is 11.9. The van der Waals surface area contributed by atoms with Gasteiger partial charge in [-0.25, -0.2) is 15.0 Å². The summed E-state index contributed by atoms with van der Waals surface area (Å²) >= 11 is 5.82. The van der Waals surface area contributed by atoms with E-state index >= 15 is 0 Å². The maximum absolute atomic E-state index is 12.8. The number of para-hydroxylation sites is 1. The number of carbonyl (C=O) groups is 1. The first-order valence-corrected chi connectivity index (χ1v) is 12.3. The predicted octanol–water partition coefficient (Wildman–Crippen LogP) is 5.08. The average molecular weight is 523 g/mol. The summed E-state index contributed by atoms with van der Waals surface area (Å²) in [6.45, 7) is 0.558. The van der Waals surface area contributed by atoms with Gasteiger partial charge >= 0.3 is 0 Å². The normalized spacial score (nSPS) is 11.1. The van der Waals surface area contributed by atoms with Crippen molar-refractivity contribution in [2.45, 2.75) is 6.54 Å². The van der Waals surface area contributed by atoms with Crippen LogP contribution >= 0.6 is 11.6 Å². The van der Waals surface area contributed by atoms with Crippen LogP contribution in [0.5, 0.6) is 0 Å². The molecule has 5 rings (SSSR count). The minimum Gasteiger partial charge on any atom is -0.348 e. The highest BCUT2D eigenvalue weighted by Crippen LogP contribution is 2.18. The van der Waals surface area contributed by atoms with Crippen molar-refractivity contribution >= 4 is 46.1 Å². The minimum atomic E-state index is -0.436. The van der Waals surface area contributed by atoms with Crippen LogP contribution in [0, 0.1) is 0 Å². The number of fused-ring (bicyclic) bond motifs is 1. The third-order valence-electron chi connectivity index (χ3n) is 5.73. The Bertz CT molecular complexity index is 1670. The second-order valence-electron chi connectivity index (χ2n) is 8.46. The van der Waals surface area contributed by atoms with E-state index in [2.05, 4.69) is 25.6 Å². The van der Waals surface area contributed by atoms with Crippen molar-refractivity contribution in [3.8, 4) is 0 Å². The Morgan fingerprint density at radius 1 is 0.974 bits per heavy atom. The minimum absolute atomic E-state index is 0.0746. The second kappa shape index (κ2) is 11.5. The molecule has 9 heteroatoms. The van der Waals surface area contributed by atoms with Crippen LogP contribution in [0.4, 0.5) is 11.6 Å². The number of carbonyl (C=O) groups excluding carboxylic acids is 1. The molecule has 0 fully saturated rings. The standard InChI is InChI=1S/C29H23ClN6O2/c30-26-13-11-21(17-32-26)19-36-15-5-9-24(28(36)38)27(37)31-14-4-6-20-10-12-25-22(16-20)18-33-29(35-25)34-23-7-2-1-3-8-23/h1-13,15-18H,14,19H2,(H,31,37)(H,33,34,35). The van der Waals surface area contributed by atoms with Gasteiger partial charge in [-0.2, -0.15) is 0 Å². The fourth-order valence-electron chi connectivity index (χ4n) is 3.84. The third-order valence-corrected chi connectivity index (χ3v) is 5.95. The number of anilines is 2. The van der Waals surface area contributed by atoms with Gasteiger partial charge < -0.3 is 15.2 Å². The van der Waals surface area contributed by atoms with Crippen LogP contribution in [0.2, 0.25) is 5.15 Å². The SMILES string of the molecule is O=C(NCC=Cc1ccc2nc(Nc3ccccc3)ncc2c1)c1cccn(Cc2ccc(Cl)nc2)c1=O. The van der Waals surface area contributed by atoms with E-state index in [1.165, 1.54) is 10.6 Å². The Hall–Kier alpha value is -4.82. The van der Waals surface area contributed by atoms with Crippen LogP contribution in [0.15, 0.2) is 102 Å². The lowest BCUT2D eigenvalue weighted by atomic mass is 10.1. The molecule has 0 bridgehead atoms. The van der Waals surface area contributed by atoms with Gasteiger partial charge in [-0.05, 0) is 53.6 Å². The molecule has 2 N–H and O–H groups in total. The van der Waals surface area contributed by atoms with E-state index in [1.807, 2.05) is 60.7 Å². The molecule has 0 unspecified atom stereocenters. The first-order chi connectivity index (χ1) is 18.5. The lowest BCUT2D eigenvalue weighted by molar-refractivity contribution is 0.0956. The molecule has 0 aliphatic rings. The van der Waals surface area contributed by atoms with Gasteiger partial charge in [-0.15, -0.1) is 0 Å². The van der Waals surface area contributed by atoms with Crippen molar-refractivity contribution in [1.29, 1.82) is 0 Å². The van der Waals surface area contributed by atoms with E-state index in [9.17, 15) is 9.59 Å². The number of rotatable bonds is 8. The molecule has 0 atom stereocenters. The topological polar surface area (TPSA) is 102 Å². The monoisotopic (exact) mass is 522 g/mol. The van der Waals surface area contributed by atoms with Crippen molar-refractivity contribution in [2.24, 2.45) is 0 Å². The lowest BCUT2D eigenvalue weighted by Gasteiger charge is -2.08. The summed E-state index contributed by atoms with van der Waals surface area (Å²) in [4.78, 5) is 38.5. The maximum Gasteiger partial charge on any atom is 0.263 e. The molecule has 5 aromatic rings. The number of hydrogen-bond acceptors (Lipinski definition) is 6. The second-order valence-corrected chi connectivity index (χ2v) is 8.85. The zero-order valence-electron chi connectivity index (χ0n) is 20.2. The van der Waals surface area contributed by atoms with Crippen molar-refractivity contribution in [2.75, 3.05) is 11.9 Å². The zero-order valence-corrected chi connectivity index (χ0v) is 21.0. The molecule has 38 heavy (non-hydrogen) atoms. The van der Waals surface area contributed by atoms with Gasteiger partial charge in [0, 0.05) is 36.2 Å². The molecule has 0 saturated carbocycles. The third kappa shape index (κ3) is 6.11. The molecule has 188 valence electrons. The molecule has 3 heterocycles. The van der Waals surface area contributed by atoms with Gasteiger partial charge in [0.2, 0.25) is 5.95 Å². The van der Waals surface area contributed by atoms with Gasteiger partial charge in [-0.3, -0.25) is 9.59 Å². The summed E-state index contributed by atoms with van der Waals surface area (Å²) < 4.78 is 1.47. The van der Waals surface area contributed by atoms with Gasteiger partial charge in [-0.1, -0.05) is 54.1 Å². The molecule has 0 saturated heterocycles. The summed E-state index contributed by atoms with van der Waals surface area (Å²) in [7, 11) is 0. The summed E-state index contributed by atoms with van der Waals surface area (Å²) in [5.41, 5.74) is 3.18. The first kappa shape index (κ1) is 24.9. The molecule has 0 radical (unpaired) electrons. The van der Waals surface area contributed by atoms with Crippen LogP contribution < -0.4 is 16.2 Å². The number of nitrogens with one attached hydrogen (secondary N) is 2. The molecule has 0 aliphatic carbocycles. The quantitative estimate of drug-likeness (QED) is 0.276. The Morgan fingerprint density at radius 2 is 1.84 bits per heavy atom. The van der Waals surface area contributed by atoms with E-state index in [1.54, 1.807) is 36.8 Å². The average Bonchev–Trinajstić information content (AvgIpc) is 2.94.